The van der Waals surface area contributed by atoms with Gasteiger partial charge in [0.1, 0.15) is 0 Å². The van der Waals surface area contributed by atoms with E-state index in [1.807, 2.05) is 42.2 Å². The molecule has 4 rings (SSSR count). The van der Waals surface area contributed by atoms with Crippen LogP contribution in [0.5, 0.6) is 0 Å². The van der Waals surface area contributed by atoms with Gasteiger partial charge < -0.3 is 10.6 Å². The van der Waals surface area contributed by atoms with Gasteiger partial charge >= 0.3 is 0 Å². The molecule has 1 aromatic carbocycles. The molecule has 0 radical (unpaired) electrons. The van der Waals surface area contributed by atoms with Gasteiger partial charge in [-0.25, -0.2) is 4.68 Å². The molecule has 29 heavy (non-hydrogen) atoms. The molecular weight excluding hydrogens is 411 g/mol. The van der Waals surface area contributed by atoms with Crippen molar-refractivity contribution in [2.24, 2.45) is 11.1 Å². The number of carbonyl (C=O) groups is 1. The minimum absolute atomic E-state index is 0. The molecule has 7 nitrogen and oxygen atoms in total. The van der Waals surface area contributed by atoms with Gasteiger partial charge in [0.2, 0.25) is 0 Å². The normalized spacial score (nSPS) is 18.1. The predicted octanol–water partition coefficient (Wildman–Crippen LogP) is 3.17. The fraction of sp³-hybridized carbons (Fsp3) is 0.400. The van der Waals surface area contributed by atoms with Crippen molar-refractivity contribution in [3.05, 3.63) is 47.9 Å². The van der Waals surface area contributed by atoms with Crippen LogP contribution in [0.3, 0.4) is 0 Å². The Morgan fingerprint density at radius 3 is 2.72 bits per heavy atom. The number of amides is 1. The lowest BCUT2D eigenvalue weighted by Gasteiger charge is -2.42. The van der Waals surface area contributed by atoms with E-state index in [0.717, 1.165) is 28.7 Å². The molecule has 0 saturated carbocycles. The summed E-state index contributed by atoms with van der Waals surface area (Å²) in [4.78, 5) is 19.2. The lowest BCUT2D eigenvalue weighted by molar-refractivity contribution is 0.0526. The summed E-state index contributed by atoms with van der Waals surface area (Å²) in [7, 11) is 0. The number of fused-ring (bicyclic) bond motifs is 1. The van der Waals surface area contributed by atoms with Crippen LogP contribution in [0.25, 0.3) is 16.6 Å². The van der Waals surface area contributed by atoms with Crippen LogP contribution in [0.15, 0.2) is 36.5 Å². The lowest BCUT2D eigenvalue weighted by atomic mass is 9.79. The van der Waals surface area contributed by atoms with Gasteiger partial charge in [0.15, 0.2) is 5.69 Å². The molecular formula is C20H26Cl2N6O. The van der Waals surface area contributed by atoms with Gasteiger partial charge in [-0.15, -0.1) is 29.9 Å². The number of rotatable bonds is 2. The number of carbonyl (C=O) groups excluding carboxylic acids is 1. The molecule has 1 unspecified atom stereocenters. The molecule has 156 valence electrons. The Balaban J connectivity index is 0.00000150. The summed E-state index contributed by atoms with van der Waals surface area (Å²) in [6.45, 7) is 7.35. The number of hydrogen-bond donors (Lipinski definition) is 1. The zero-order valence-corrected chi connectivity index (χ0v) is 18.3. The molecule has 1 aliphatic heterocycles. The molecule has 2 aromatic heterocycles. The SMILES string of the molecule is Cc1c(C(=O)N2CCC(N)C(C)(C)C2)nnn1-c1ccc2ncccc2c1.Cl.Cl. The highest BCUT2D eigenvalue weighted by Gasteiger charge is 2.36. The molecule has 0 spiro atoms. The molecule has 1 saturated heterocycles. The fourth-order valence-corrected chi connectivity index (χ4v) is 3.66. The summed E-state index contributed by atoms with van der Waals surface area (Å²) in [5.41, 5.74) is 8.99. The van der Waals surface area contributed by atoms with E-state index in [9.17, 15) is 4.79 Å². The lowest BCUT2D eigenvalue weighted by Crippen LogP contribution is -2.54. The van der Waals surface area contributed by atoms with Gasteiger partial charge in [-0.1, -0.05) is 25.1 Å². The molecule has 1 amide bonds. The van der Waals surface area contributed by atoms with Crippen molar-refractivity contribution in [3.63, 3.8) is 0 Å². The van der Waals surface area contributed by atoms with E-state index in [1.54, 1.807) is 10.9 Å². The second-order valence-electron chi connectivity index (χ2n) is 7.93. The highest BCUT2D eigenvalue weighted by Crippen LogP contribution is 2.29. The average molecular weight is 437 g/mol. The highest BCUT2D eigenvalue weighted by atomic mass is 35.5. The fourth-order valence-electron chi connectivity index (χ4n) is 3.66. The largest absolute Gasteiger partial charge is 0.337 e. The van der Waals surface area contributed by atoms with Crippen LogP contribution in [0.1, 0.15) is 36.5 Å². The Morgan fingerprint density at radius 2 is 2.00 bits per heavy atom. The predicted molar refractivity (Wildman–Crippen MR) is 118 cm³/mol. The van der Waals surface area contributed by atoms with Gasteiger partial charge in [-0.2, -0.15) is 0 Å². The van der Waals surface area contributed by atoms with Crippen LogP contribution >= 0.6 is 24.8 Å². The maximum absolute atomic E-state index is 13.0. The molecule has 0 aliphatic carbocycles. The number of hydrogen-bond acceptors (Lipinski definition) is 5. The van der Waals surface area contributed by atoms with E-state index in [4.69, 9.17) is 5.73 Å². The Labute approximate surface area is 182 Å². The Kier molecular flexibility index (Phi) is 6.88. The Morgan fingerprint density at radius 1 is 1.24 bits per heavy atom. The number of likely N-dealkylation sites (tertiary alicyclic amines) is 1. The number of pyridine rings is 1. The quantitative estimate of drug-likeness (QED) is 0.665. The zero-order chi connectivity index (χ0) is 19.2. The van der Waals surface area contributed by atoms with E-state index in [2.05, 4.69) is 29.1 Å². The molecule has 3 aromatic rings. The summed E-state index contributed by atoms with van der Waals surface area (Å²) >= 11 is 0. The average Bonchev–Trinajstić information content (AvgIpc) is 3.04. The van der Waals surface area contributed by atoms with Crippen molar-refractivity contribution in [3.8, 4) is 5.69 Å². The number of aromatic nitrogens is 4. The molecule has 2 N–H and O–H groups in total. The third-order valence-electron chi connectivity index (χ3n) is 5.53. The van der Waals surface area contributed by atoms with Crippen molar-refractivity contribution in [1.82, 2.24) is 24.9 Å². The first-order valence-corrected chi connectivity index (χ1v) is 9.19. The Hall–Kier alpha value is -2.22. The maximum atomic E-state index is 13.0. The smallest absolute Gasteiger partial charge is 0.276 e. The minimum Gasteiger partial charge on any atom is -0.337 e. The summed E-state index contributed by atoms with van der Waals surface area (Å²) in [5, 5.41) is 9.44. The van der Waals surface area contributed by atoms with Crippen LogP contribution in [0.4, 0.5) is 0 Å². The van der Waals surface area contributed by atoms with E-state index >= 15 is 0 Å². The standard InChI is InChI=1S/C20H24N6O.2ClH/c1-13-18(19(27)25-10-8-17(21)20(2,3)12-25)23-24-26(13)15-6-7-16-14(11-15)5-4-9-22-16;;/h4-7,9,11,17H,8,10,12,21H2,1-3H3;2*1H. The summed E-state index contributed by atoms with van der Waals surface area (Å²) in [6, 6.07) is 9.89. The van der Waals surface area contributed by atoms with Crippen LogP contribution in [-0.2, 0) is 0 Å². The van der Waals surface area contributed by atoms with Gasteiger partial charge in [0.25, 0.3) is 5.91 Å². The van der Waals surface area contributed by atoms with Gasteiger partial charge in [0.05, 0.1) is 16.9 Å². The Bertz CT molecular complexity index is 1020. The van der Waals surface area contributed by atoms with Crippen LogP contribution in [0, 0.1) is 12.3 Å². The molecule has 9 heteroatoms. The van der Waals surface area contributed by atoms with E-state index < -0.39 is 0 Å². The molecule has 1 fully saturated rings. The molecule has 0 bridgehead atoms. The molecule has 1 aliphatic rings. The van der Waals surface area contributed by atoms with E-state index in [0.29, 0.717) is 18.8 Å². The van der Waals surface area contributed by atoms with Crippen molar-refractivity contribution >= 4 is 41.6 Å². The maximum Gasteiger partial charge on any atom is 0.276 e. The van der Waals surface area contributed by atoms with Crippen molar-refractivity contribution < 1.29 is 4.79 Å². The zero-order valence-electron chi connectivity index (χ0n) is 16.7. The second-order valence-corrected chi connectivity index (χ2v) is 7.93. The third-order valence-corrected chi connectivity index (χ3v) is 5.53. The van der Waals surface area contributed by atoms with Gasteiger partial charge in [-0.05, 0) is 43.0 Å². The van der Waals surface area contributed by atoms with Crippen LogP contribution < -0.4 is 5.73 Å². The summed E-state index contributed by atoms with van der Waals surface area (Å²) in [5.74, 6) is -0.0822. The van der Waals surface area contributed by atoms with E-state index in [1.165, 1.54) is 0 Å². The first kappa shape index (κ1) is 23.1. The van der Waals surface area contributed by atoms with Crippen LogP contribution in [-0.4, -0.2) is 49.9 Å². The number of halogens is 2. The third kappa shape index (κ3) is 4.22. The van der Waals surface area contributed by atoms with Crippen molar-refractivity contribution in [1.29, 1.82) is 0 Å². The van der Waals surface area contributed by atoms with Crippen LogP contribution in [0.2, 0.25) is 0 Å². The number of piperidine rings is 1. The topological polar surface area (TPSA) is 89.9 Å². The van der Waals surface area contributed by atoms with Crippen molar-refractivity contribution in [2.75, 3.05) is 13.1 Å². The summed E-state index contributed by atoms with van der Waals surface area (Å²) < 4.78 is 1.71. The van der Waals surface area contributed by atoms with Crippen molar-refractivity contribution in [2.45, 2.75) is 33.2 Å². The summed E-state index contributed by atoms with van der Waals surface area (Å²) in [6.07, 6.45) is 2.56. The number of benzene rings is 1. The highest BCUT2D eigenvalue weighted by molar-refractivity contribution is 5.93. The molecule has 3 heterocycles. The molecule has 1 atom stereocenters. The number of nitrogens with two attached hydrogens (primary N) is 1. The van der Waals surface area contributed by atoms with Gasteiger partial charge in [-0.3, -0.25) is 9.78 Å². The second kappa shape index (κ2) is 8.65. The monoisotopic (exact) mass is 436 g/mol. The van der Waals surface area contributed by atoms with E-state index in [-0.39, 0.29) is 42.2 Å². The first-order valence-electron chi connectivity index (χ1n) is 9.19. The first-order chi connectivity index (χ1) is 12.9. The van der Waals surface area contributed by atoms with Gasteiger partial charge in [0, 0.05) is 30.7 Å². The minimum atomic E-state index is -0.108. The number of nitrogens with zero attached hydrogens (tertiary/aromatic N) is 5.